The average molecular weight is 211 g/mol. The molecule has 0 aliphatic heterocycles. The molecule has 0 aliphatic carbocycles. The number of hydrogen-bond acceptors (Lipinski definition) is 6. The van der Waals surface area contributed by atoms with Gasteiger partial charge in [0.05, 0.1) is 6.61 Å². The number of aliphatic hydroxyl groups excluding tert-OH is 1. The number of thiol groups is 2. The molecule has 4 nitrogen and oxygen atoms in total. The molecule has 0 saturated carbocycles. The first-order chi connectivity index (χ1) is 5.65. The minimum Gasteiger partial charge on any atom is -0.458 e. The Kier molecular flexibility index (Phi) is 6.64. The van der Waals surface area contributed by atoms with Crippen LogP contribution in [0, 0.1) is 0 Å². The van der Waals surface area contributed by atoms with E-state index in [1.807, 2.05) is 0 Å². The number of rotatable bonds is 5. The van der Waals surface area contributed by atoms with E-state index >= 15 is 0 Å². The maximum atomic E-state index is 11.0. The number of nitrogens with two attached hydrogens (primary N) is 1. The fraction of sp³-hybridized carbons (Fsp3) is 0.833. The third kappa shape index (κ3) is 4.20. The fourth-order valence-electron chi connectivity index (χ4n) is 0.458. The van der Waals surface area contributed by atoms with E-state index < -0.39 is 18.1 Å². The van der Waals surface area contributed by atoms with Gasteiger partial charge in [-0.15, -0.1) is 0 Å². The normalized spacial score (nSPS) is 15.3. The average Bonchev–Trinajstić information content (AvgIpc) is 2.12. The minimum absolute atomic E-state index is 0.226. The summed E-state index contributed by atoms with van der Waals surface area (Å²) in [4.78, 5) is 11.0. The molecule has 0 fully saturated rings. The van der Waals surface area contributed by atoms with E-state index in [-0.39, 0.29) is 18.1 Å². The summed E-state index contributed by atoms with van der Waals surface area (Å²) in [6.45, 7) is -0.242. The van der Waals surface area contributed by atoms with Crippen LogP contribution in [0.15, 0.2) is 0 Å². The summed E-state index contributed by atoms with van der Waals surface area (Å²) in [5.41, 5.74) is 5.32. The van der Waals surface area contributed by atoms with Crippen LogP contribution < -0.4 is 5.73 Å². The molecule has 0 radical (unpaired) electrons. The molecule has 72 valence electrons. The van der Waals surface area contributed by atoms with Gasteiger partial charge in [0.2, 0.25) is 0 Å². The second-order valence-corrected chi connectivity index (χ2v) is 2.94. The van der Waals surface area contributed by atoms with Crippen molar-refractivity contribution in [3.8, 4) is 0 Å². The van der Waals surface area contributed by atoms with E-state index in [1.54, 1.807) is 0 Å². The second kappa shape index (κ2) is 6.59. The minimum atomic E-state index is -0.734. The number of hydrogen-bond donors (Lipinski definition) is 4. The first-order valence-electron chi connectivity index (χ1n) is 3.44. The summed E-state index contributed by atoms with van der Waals surface area (Å²) in [7, 11) is 0. The van der Waals surface area contributed by atoms with E-state index in [0.717, 1.165) is 0 Å². The van der Waals surface area contributed by atoms with Gasteiger partial charge >= 0.3 is 5.97 Å². The lowest BCUT2D eigenvalue weighted by atomic mass is 10.3. The molecular weight excluding hydrogens is 198 g/mol. The Morgan fingerprint density at radius 2 is 2.08 bits per heavy atom. The lowest BCUT2D eigenvalue weighted by Crippen LogP contribution is -2.37. The van der Waals surface area contributed by atoms with Crippen LogP contribution in [0.1, 0.15) is 0 Å². The highest BCUT2D eigenvalue weighted by Crippen LogP contribution is 1.97. The van der Waals surface area contributed by atoms with Crippen molar-refractivity contribution in [3.63, 3.8) is 0 Å². The first-order valence-corrected chi connectivity index (χ1v) is 4.70. The second-order valence-electron chi connectivity index (χ2n) is 2.21. The SMILES string of the molecule is N[C@@H](CS)C(=O)OC(CO)CS. The van der Waals surface area contributed by atoms with E-state index in [4.69, 9.17) is 15.6 Å². The molecule has 1 unspecified atom stereocenters. The van der Waals surface area contributed by atoms with Crippen molar-refractivity contribution in [2.45, 2.75) is 12.1 Å². The molecule has 3 N–H and O–H groups in total. The lowest BCUT2D eigenvalue weighted by Gasteiger charge is -2.15. The Labute approximate surface area is 82.3 Å². The Morgan fingerprint density at radius 3 is 2.42 bits per heavy atom. The highest BCUT2D eigenvalue weighted by atomic mass is 32.1. The predicted molar refractivity (Wildman–Crippen MR) is 52.6 cm³/mol. The summed E-state index contributed by atoms with van der Waals surface area (Å²) >= 11 is 7.70. The van der Waals surface area contributed by atoms with Crippen LogP contribution in [-0.4, -0.2) is 41.3 Å². The number of aliphatic hydroxyl groups is 1. The van der Waals surface area contributed by atoms with Crippen LogP contribution in [0.3, 0.4) is 0 Å². The van der Waals surface area contributed by atoms with Crippen molar-refractivity contribution in [1.82, 2.24) is 0 Å². The van der Waals surface area contributed by atoms with E-state index in [0.29, 0.717) is 0 Å². The molecule has 12 heavy (non-hydrogen) atoms. The third-order valence-electron chi connectivity index (χ3n) is 1.19. The number of esters is 1. The molecule has 0 aliphatic rings. The topological polar surface area (TPSA) is 72.6 Å². The molecule has 6 heteroatoms. The van der Waals surface area contributed by atoms with Gasteiger partial charge in [-0.3, -0.25) is 4.79 Å². The van der Waals surface area contributed by atoms with Crippen molar-refractivity contribution >= 4 is 31.2 Å². The summed E-state index contributed by atoms with van der Waals surface area (Å²) < 4.78 is 4.76. The van der Waals surface area contributed by atoms with Gasteiger partial charge in [0.15, 0.2) is 0 Å². The molecule has 0 rings (SSSR count). The highest BCUT2D eigenvalue weighted by Gasteiger charge is 2.17. The van der Waals surface area contributed by atoms with Crippen LogP contribution >= 0.6 is 25.3 Å². The van der Waals surface area contributed by atoms with Crippen LogP contribution in [0.4, 0.5) is 0 Å². The van der Waals surface area contributed by atoms with E-state index in [9.17, 15) is 4.79 Å². The predicted octanol–water partition coefficient (Wildman–Crippen LogP) is -0.923. The van der Waals surface area contributed by atoms with Crippen LogP contribution in [-0.2, 0) is 9.53 Å². The lowest BCUT2D eigenvalue weighted by molar-refractivity contribution is -0.150. The maximum Gasteiger partial charge on any atom is 0.324 e. The fourth-order valence-corrected chi connectivity index (χ4v) is 0.798. The molecule has 0 heterocycles. The monoisotopic (exact) mass is 211 g/mol. The van der Waals surface area contributed by atoms with Gasteiger partial charge in [-0.1, -0.05) is 0 Å². The largest absolute Gasteiger partial charge is 0.458 e. The number of carbonyl (C=O) groups is 1. The number of ether oxygens (including phenoxy) is 1. The quantitative estimate of drug-likeness (QED) is 0.350. The molecule has 0 aromatic carbocycles. The van der Waals surface area contributed by atoms with Gasteiger partial charge in [0.25, 0.3) is 0 Å². The van der Waals surface area contributed by atoms with Gasteiger partial charge in [0, 0.05) is 11.5 Å². The third-order valence-corrected chi connectivity index (χ3v) is 1.99. The summed E-state index contributed by atoms with van der Waals surface area (Å²) in [6, 6.07) is -0.734. The van der Waals surface area contributed by atoms with Gasteiger partial charge in [0.1, 0.15) is 12.1 Å². The summed E-state index contributed by atoms with van der Waals surface area (Å²) in [6.07, 6.45) is -0.577. The van der Waals surface area contributed by atoms with Gasteiger partial charge < -0.3 is 15.6 Å². The van der Waals surface area contributed by atoms with Crippen molar-refractivity contribution in [2.24, 2.45) is 5.73 Å². The van der Waals surface area contributed by atoms with Crippen molar-refractivity contribution < 1.29 is 14.6 Å². The van der Waals surface area contributed by atoms with Crippen molar-refractivity contribution in [2.75, 3.05) is 18.1 Å². The zero-order valence-electron chi connectivity index (χ0n) is 6.51. The van der Waals surface area contributed by atoms with Gasteiger partial charge in [-0.2, -0.15) is 25.3 Å². The molecule has 0 saturated heterocycles. The summed E-state index contributed by atoms with van der Waals surface area (Å²) in [5.74, 6) is -0.0523. The summed E-state index contributed by atoms with van der Waals surface area (Å²) in [5, 5.41) is 8.64. The Morgan fingerprint density at radius 1 is 1.50 bits per heavy atom. The van der Waals surface area contributed by atoms with Crippen LogP contribution in [0.5, 0.6) is 0 Å². The molecule has 0 bridgehead atoms. The zero-order chi connectivity index (χ0) is 9.56. The van der Waals surface area contributed by atoms with Crippen LogP contribution in [0.2, 0.25) is 0 Å². The molecule has 0 aromatic heterocycles. The highest BCUT2D eigenvalue weighted by molar-refractivity contribution is 7.80. The molecular formula is C6H13NO3S2. The Hall–Kier alpha value is 0.0900. The number of carbonyl (C=O) groups excluding carboxylic acids is 1. The molecule has 0 amide bonds. The first kappa shape index (κ1) is 12.1. The zero-order valence-corrected chi connectivity index (χ0v) is 8.30. The molecule has 2 atom stereocenters. The van der Waals surface area contributed by atoms with Gasteiger partial charge in [-0.05, 0) is 0 Å². The molecule has 0 aromatic rings. The smallest absolute Gasteiger partial charge is 0.324 e. The van der Waals surface area contributed by atoms with Crippen molar-refractivity contribution in [3.05, 3.63) is 0 Å². The molecule has 0 spiro atoms. The van der Waals surface area contributed by atoms with Crippen LogP contribution in [0.25, 0.3) is 0 Å². The van der Waals surface area contributed by atoms with Crippen molar-refractivity contribution in [1.29, 1.82) is 0 Å². The Bertz CT molecular complexity index is 141. The maximum absolute atomic E-state index is 11.0. The van der Waals surface area contributed by atoms with E-state index in [2.05, 4.69) is 25.3 Å². The van der Waals surface area contributed by atoms with E-state index in [1.165, 1.54) is 0 Å². The Balaban J connectivity index is 3.81. The van der Waals surface area contributed by atoms with Gasteiger partial charge in [-0.25, -0.2) is 0 Å². The standard InChI is InChI=1S/C6H13NO3S2/c7-5(3-12)6(9)10-4(1-8)2-11/h4-5,8,11-12H,1-3,7H2/t4?,5-/m0/s1.